The van der Waals surface area contributed by atoms with Crippen LogP contribution in [-0.2, 0) is 9.59 Å². The normalized spacial score (nSPS) is 11.6. The lowest BCUT2D eigenvalue weighted by atomic mass is 10.2. The van der Waals surface area contributed by atoms with E-state index in [1.54, 1.807) is 18.3 Å². The molecule has 1 atom stereocenters. The average Bonchev–Trinajstić information content (AvgIpc) is 2.62. The largest absolute Gasteiger partial charge is 0.326 e. The maximum Gasteiger partial charge on any atom is 0.238 e. The SMILES string of the molecule is CCCCC(=O)Nc1ccc(SC(C)C(=O)Nc2ccccn2)cc1. The Bertz CT molecular complexity index is 690. The van der Waals surface area contributed by atoms with Crippen molar-refractivity contribution < 1.29 is 9.59 Å². The van der Waals surface area contributed by atoms with Crippen LogP contribution in [0, 0.1) is 0 Å². The lowest BCUT2D eigenvalue weighted by Gasteiger charge is -2.12. The molecule has 0 radical (unpaired) electrons. The second-order valence-corrected chi connectivity index (χ2v) is 7.05. The van der Waals surface area contributed by atoms with E-state index in [4.69, 9.17) is 0 Å². The first kappa shape index (κ1) is 19.0. The zero-order valence-electron chi connectivity index (χ0n) is 14.5. The first-order valence-corrected chi connectivity index (χ1v) is 9.25. The monoisotopic (exact) mass is 357 g/mol. The average molecular weight is 357 g/mol. The third kappa shape index (κ3) is 6.58. The molecular weight excluding hydrogens is 334 g/mol. The van der Waals surface area contributed by atoms with Crippen LogP contribution in [0.4, 0.5) is 11.5 Å². The highest BCUT2D eigenvalue weighted by atomic mass is 32.2. The Kier molecular flexibility index (Phi) is 7.47. The molecule has 2 N–H and O–H groups in total. The molecule has 1 unspecified atom stereocenters. The van der Waals surface area contributed by atoms with E-state index in [-0.39, 0.29) is 17.1 Å². The van der Waals surface area contributed by atoms with E-state index in [0.29, 0.717) is 12.2 Å². The maximum absolute atomic E-state index is 12.2. The highest BCUT2D eigenvalue weighted by Gasteiger charge is 2.15. The number of thioether (sulfide) groups is 1. The first-order chi connectivity index (χ1) is 12.1. The fourth-order valence-corrected chi connectivity index (χ4v) is 2.97. The Hall–Kier alpha value is -2.34. The number of unbranched alkanes of at least 4 members (excludes halogenated alkanes) is 1. The van der Waals surface area contributed by atoms with Crippen LogP contribution in [0.5, 0.6) is 0 Å². The number of aromatic nitrogens is 1. The lowest BCUT2D eigenvalue weighted by molar-refractivity contribution is -0.116. The number of hydrogen-bond acceptors (Lipinski definition) is 4. The summed E-state index contributed by atoms with van der Waals surface area (Å²) < 4.78 is 0. The Balaban J connectivity index is 1.85. The summed E-state index contributed by atoms with van der Waals surface area (Å²) in [6, 6.07) is 12.9. The van der Waals surface area contributed by atoms with Crippen molar-refractivity contribution in [3.05, 3.63) is 48.7 Å². The molecule has 0 bridgehead atoms. The maximum atomic E-state index is 12.2. The van der Waals surface area contributed by atoms with Crippen LogP contribution in [0.25, 0.3) is 0 Å². The van der Waals surface area contributed by atoms with Gasteiger partial charge in [-0.1, -0.05) is 19.4 Å². The van der Waals surface area contributed by atoms with Gasteiger partial charge < -0.3 is 10.6 Å². The molecule has 2 amide bonds. The molecule has 0 saturated carbocycles. The molecule has 2 aromatic rings. The van der Waals surface area contributed by atoms with Gasteiger partial charge in [0, 0.05) is 23.2 Å². The minimum absolute atomic E-state index is 0.0327. The van der Waals surface area contributed by atoms with Gasteiger partial charge in [0.25, 0.3) is 0 Å². The Labute approximate surface area is 152 Å². The minimum atomic E-state index is -0.257. The van der Waals surface area contributed by atoms with Crippen LogP contribution in [0.2, 0.25) is 0 Å². The number of carbonyl (C=O) groups excluding carboxylic acids is 2. The van der Waals surface area contributed by atoms with E-state index in [9.17, 15) is 9.59 Å². The van der Waals surface area contributed by atoms with Crippen LogP contribution in [0.15, 0.2) is 53.6 Å². The standard InChI is InChI=1S/C19H23N3O2S/c1-3-4-8-18(23)21-15-9-11-16(12-10-15)25-14(2)19(24)22-17-7-5-6-13-20-17/h5-7,9-14H,3-4,8H2,1-2H3,(H,21,23)(H,20,22,24). The van der Waals surface area contributed by atoms with E-state index in [0.717, 1.165) is 23.4 Å². The van der Waals surface area contributed by atoms with E-state index in [1.165, 1.54) is 11.8 Å². The molecule has 0 saturated heterocycles. The van der Waals surface area contributed by atoms with Crippen molar-refractivity contribution in [2.75, 3.05) is 10.6 Å². The van der Waals surface area contributed by atoms with Crippen molar-refractivity contribution in [3.8, 4) is 0 Å². The molecular formula is C19H23N3O2S. The second-order valence-electron chi connectivity index (χ2n) is 5.64. The molecule has 0 aliphatic carbocycles. The van der Waals surface area contributed by atoms with Crippen molar-refractivity contribution in [3.63, 3.8) is 0 Å². The van der Waals surface area contributed by atoms with Crippen molar-refractivity contribution >= 4 is 35.1 Å². The van der Waals surface area contributed by atoms with Crippen LogP contribution in [-0.4, -0.2) is 22.0 Å². The smallest absolute Gasteiger partial charge is 0.238 e. The summed E-state index contributed by atoms with van der Waals surface area (Å²) in [7, 11) is 0. The van der Waals surface area contributed by atoms with Gasteiger partial charge in [-0.3, -0.25) is 9.59 Å². The predicted molar refractivity (Wildman–Crippen MR) is 103 cm³/mol. The number of carbonyl (C=O) groups is 2. The number of rotatable bonds is 8. The van der Waals surface area contributed by atoms with Gasteiger partial charge in [0.1, 0.15) is 5.82 Å². The number of nitrogens with zero attached hydrogens (tertiary/aromatic N) is 1. The van der Waals surface area contributed by atoms with Gasteiger partial charge in [-0.2, -0.15) is 0 Å². The van der Waals surface area contributed by atoms with Gasteiger partial charge in [-0.05, 0) is 49.7 Å². The number of hydrogen-bond donors (Lipinski definition) is 2. The summed E-state index contributed by atoms with van der Waals surface area (Å²) in [5.41, 5.74) is 0.774. The van der Waals surface area contributed by atoms with Crippen LogP contribution >= 0.6 is 11.8 Å². The Morgan fingerprint density at radius 3 is 2.52 bits per heavy atom. The molecule has 0 aliphatic heterocycles. The van der Waals surface area contributed by atoms with Gasteiger partial charge in [0.05, 0.1) is 5.25 Å². The van der Waals surface area contributed by atoms with Crippen molar-refractivity contribution in [2.45, 2.75) is 43.3 Å². The third-order valence-corrected chi connectivity index (χ3v) is 4.61. The van der Waals surface area contributed by atoms with E-state index in [1.807, 2.05) is 37.3 Å². The first-order valence-electron chi connectivity index (χ1n) is 8.37. The van der Waals surface area contributed by atoms with E-state index < -0.39 is 0 Å². The quantitative estimate of drug-likeness (QED) is 0.690. The van der Waals surface area contributed by atoms with Gasteiger partial charge in [-0.25, -0.2) is 4.98 Å². The fraction of sp³-hybridized carbons (Fsp3) is 0.316. The summed E-state index contributed by atoms with van der Waals surface area (Å²) in [5.74, 6) is 0.482. The minimum Gasteiger partial charge on any atom is -0.326 e. The summed E-state index contributed by atoms with van der Waals surface area (Å²) >= 11 is 1.46. The molecule has 132 valence electrons. The number of pyridine rings is 1. The molecule has 0 spiro atoms. The summed E-state index contributed by atoms with van der Waals surface area (Å²) in [6.07, 6.45) is 4.07. The Morgan fingerprint density at radius 1 is 1.12 bits per heavy atom. The number of benzene rings is 1. The number of amides is 2. The highest BCUT2D eigenvalue weighted by Crippen LogP contribution is 2.25. The van der Waals surface area contributed by atoms with E-state index in [2.05, 4.69) is 22.5 Å². The zero-order valence-corrected chi connectivity index (χ0v) is 15.3. The third-order valence-electron chi connectivity index (χ3n) is 3.49. The molecule has 1 aromatic carbocycles. The number of anilines is 2. The summed E-state index contributed by atoms with van der Waals surface area (Å²) in [5, 5.41) is 5.41. The van der Waals surface area contributed by atoms with Gasteiger partial charge >= 0.3 is 0 Å². The van der Waals surface area contributed by atoms with Crippen LogP contribution in [0.3, 0.4) is 0 Å². The molecule has 5 nitrogen and oxygen atoms in total. The molecule has 1 heterocycles. The van der Waals surface area contributed by atoms with Gasteiger partial charge in [0.15, 0.2) is 0 Å². The predicted octanol–water partition coefficient (Wildman–Crippen LogP) is 4.33. The molecule has 0 fully saturated rings. The Morgan fingerprint density at radius 2 is 1.88 bits per heavy atom. The molecule has 25 heavy (non-hydrogen) atoms. The highest BCUT2D eigenvalue weighted by molar-refractivity contribution is 8.00. The lowest BCUT2D eigenvalue weighted by Crippen LogP contribution is -2.22. The van der Waals surface area contributed by atoms with Gasteiger partial charge in [0.2, 0.25) is 11.8 Å². The summed E-state index contributed by atoms with van der Waals surface area (Å²) in [6.45, 7) is 3.91. The van der Waals surface area contributed by atoms with Crippen molar-refractivity contribution in [1.29, 1.82) is 0 Å². The zero-order chi connectivity index (χ0) is 18.1. The molecule has 0 aliphatic rings. The fourth-order valence-electron chi connectivity index (χ4n) is 2.10. The van der Waals surface area contributed by atoms with Crippen molar-refractivity contribution in [1.82, 2.24) is 4.98 Å². The van der Waals surface area contributed by atoms with Crippen LogP contribution < -0.4 is 10.6 Å². The van der Waals surface area contributed by atoms with Gasteiger partial charge in [-0.15, -0.1) is 11.8 Å². The van der Waals surface area contributed by atoms with Crippen LogP contribution in [0.1, 0.15) is 33.1 Å². The molecule has 6 heteroatoms. The summed E-state index contributed by atoms with van der Waals surface area (Å²) in [4.78, 5) is 29.0. The molecule has 1 aromatic heterocycles. The second kappa shape index (κ2) is 9.84. The molecule has 2 rings (SSSR count). The van der Waals surface area contributed by atoms with Crippen molar-refractivity contribution in [2.24, 2.45) is 0 Å². The topological polar surface area (TPSA) is 71.1 Å². The number of nitrogens with one attached hydrogen (secondary N) is 2. The van der Waals surface area contributed by atoms with E-state index >= 15 is 0 Å².